The number of benzene rings is 3. The Bertz CT molecular complexity index is 1020. The SMILES string of the molecule is Cc1ccccc1NC(=S)N1N=C(c2ccc(Cl)cc2)CC1c1ccccc1. The Balaban J connectivity index is 1.66. The van der Waals surface area contributed by atoms with Crippen LogP contribution in [0.4, 0.5) is 5.69 Å². The zero-order chi connectivity index (χ0) is 19.5. The highest BCUT2D eigenvalue weighted by molar-refractivity contribution is 7.80. The van der Waals surface area contributed by atoms with Crippen LogP contribution < -0.4 is 5.32 Å². The summed E-state index contributed by atoms with van der Waals surface area (Å²) in [5.74, 6) is 0. The zero-order valence-electron chi connectivity index (χ0n) is 15.5. The van der Waals surface area contributed by atoms with E-state index >= 15 is 0 Å². The highest BCUT2D eigenvalue weighted by Crippen LogP contribution is 2.33. The van der Waals surface area contributed by atoms with Gasteiger partial charge in [0, 0.05) is 17.1 Å². The average molecular weight is 406 g/mol. The van der Waals surface area contributed by atoms with Crippen LogP contribution >= 0.6 is 23.8 Å². The molecule has 4 rings (SSSR count). The van der Waals surface area contributed by atoms with Gasteiger partial charge in [-0.2, -0.15) is 5.10 Å². The Morgan fingerprint density at radius 3 is 2.39 bits per heavy atom. The molecule has 3 aromatic rings. The maximum atomic E-state index is 6.05. The zero-order valence-corrected chi connectivity index (χ0v) is 17.0. The molecule has 3 aromatic carbocycles. The fourth-order valence-corrected chi connectivity index (χ4v) is 3.74. The second-order valence-corrected chi connectivity index (χ2v) is 7.60. The lowest BCUT2D eigenvalue weighted by molar-refractivity contribution is 0.375. The van der Waals surface area contributed by atoms with Gasteiger partial charge in [0.25, 0.3) is 0 Å². The van der Waals surface area contributed by atoms with Gasteiger partial charge in [-0.25, -0.2) is 5.01 Å². The second kappa shape index (κ2) is 8.13. The molecule has 0 amide bonds. The number of halogens is 1. The van der Waals surface area contributed by atoms with Crippen molar-refractivity contribution in [1.29, 1.82) is 0 Å². The van der Waals surface area contributed by atoms with E-state index in [0.717, 1.165) is 34.0 Å². The number of hydrazone groups is 1. The number of rotatable bonds is 3. The van der Waals surface area contributed by atoms with Crippen molar-refractivity contribution in [3.63, 3.8) is 0 Å². The summed E-state index contributed by atoms with van der Waals surface area (Å²) < 4.78 is 0. The molecule has 1 N–H and O–H groups in total. The minimum atomic E-state index is 0.0518. The lowest BCUT2D eigenvalue weighted by Gasteiger charge is -2.25. The number of thiocarbonyl (C=S) groups is 1. The highest BCUT2D eigenvalue weighted by atomic mass is 35.5. The summed E-state index contributed by atoms with van der Waals surface area (Å²) in [6, 6.07) is 26.3. The Hall–Kier alpha value is -2.69. The van der Waals surface area contributed by atoms with Crippen molar-refractivity contribution < 1.29 is 0 Å². The standard InChI is InChI=1S/C23H20ClN3S/c1-16-7-5-6-10-20(16)25-23(28)27-22(18-8-3-2-4-9-18)15-21(26-27)17-11-13-19(24)14-12-17/h2-14,22H,15H2,1H3,(H,25,28). The molecule has 140 valence electrons. The van der Waals surface area contributed by atoms with E-state index in [1.807, 2.05) is 65.7 Å². The first-order valence-electron chi connectivity index (χ1n) is 9.16. The van der Waals surface area contributed by atoms with Gasteiger partial charge in [-0.1, -0.05) is 72.3 Å². The number of anilines is 1. The third-order valence-electron chi connectivity index (χ3n) is 4.87. The van der Waals surface area contributed by atoms with Gasteiger partial charge >= 0.3 is 0 Å². The summed E-state index contributed by atoms with van der Waals surface area (Å²) in [4.78, 5) is 0. The topological polar surface area (TPSA) is 27.6 Å². The van der Waals surface area contributed by atoms with Crippen LogP contribution in [0.3, 0.4) is 0 Å². The monoisotopic (exact) mass is 405 g/mol. The lowest BCUT2D eigenvalue weighted by atomic mass is 9.99. The van der Waals surface area contributed by atoms with Crippen LogP contribution in [0, 0.1) is 6.92 Å². The molecule has 0 spiro atoms. The number of hydrogen-bond donors (Lipinski definition) is 1. The Morgan fingerprint density at radius 1 is 1.00 bits per heavy atom. The van der Waals surface area contributed by atoms with Gasteiger partial charge in [0.05, 0.1) is 11.8 Å². The van der Waals surface area contributed by atoms with Crippen LogP contribution in [-0.4, -0.2) is 15.8 Å². The van der Waals surface area contributed by atoms with Gasteiger partial charge in [-0.3, -0.25) is 0 Å². The second-order valence-electron chi connectivity index (χ2n) is 6.77. The van der Waals surface area contributed by atoms with Crippen molar-refractivity contribution in [2.75, 3.05) is 5.32 Å². The van der Waals surface area contributed by atoms with E-state index < -0.39 is 0 Å². The molecule has 1 heterocycles. The van der Waals surface area contributed by atoms with Crippen molar-refractivity contribution in [3.8, 4) is 0 Å². The first kappa shape index (κ1) is 18.7. The predicted octanol–water partition coefficient (Wildman–Crippen LogP) is 6.20. The minimum Gasteiger partial charge on any atom is -0.331 e. The van der Waals surface area contributed by atoms with Gasteiger partial charge in [0.2, 0.25) is 0 Å². The van der Waals surface area contributed by atoms with Crippen molar-refractivity contribution in [3.05, 3.63) is 101 Å². The van der Waals surface area contributed by atoms with Gasteiger partial charge in [-0.15, -0.1) is 0 Å². The molecule has 1 aliphatic rings. The van der Waals surface area contributed by atoms with Crippen LogP contribution in [0.2, 0.25) is 5.02 Å². The predicted molar refractivity (Wildman–Crippen MR) is 121 cm³/mol. The van der Waals surface area contributed by atoms with E-state index in [9.17, 15) is 0 Å². The van der Waals surface area contributed by atoms with E-state index in [4.69, 9.17) is 28.9 Å². The van der Waals surface area contributed by atoms with Crippen molar-refractivity contribution in [2.45, 2.75) is 19.4 Å². The molecular formula is C23H20ClN3S. The molecule has 1 unspecified atom stereocenters. The van der Waals surface area contributed by atoms with E-state index in [1.54, 1.807) is 0 Å². The molecule has 0 fully saturated rings. The summed E-state index contributed by atoms with van der Waals surface area (Å²) in [5, 5.41) is 11.5. The minimum absolute atomic E-state index is 0.0518. The molecule has 1 aliphatic heterocycles. The van der Waals surface area contributed by atoms with Gasteiger partial charge in [-0.05, 0) is 54.0 Å². The van der Waals surface area contributed by atoms with Crippen LogP contribution in [0.25, 0.3) is 0 Å². The molecule has 0 aliphatic carbocycles. The molecule has 0 radical (unpaired) electrons. The third kappa shape index (κ3) is 3.93. The summed E-state index contributed by atoms with van der Waals surface area (Å²) in [6.45, 7) is 2.06. The molecule has 0 aromatic heterocycles. The number of nitrogens with one attached hydrogen (secondary N) is 1. The van der Waals surface area contributed by atoms with Crippen LogP contribution in [-0.2, 0) is 0 Å². The van der Waals surface area contributed by atoms with Crippen LogP contribution in [0.1, 0.15) is 29.2 Å². The summed E-state index contributed by atoms with van der Waals surface area (Å²) >= 11 is 11.8. The maximum Gasteiger partial charge on any atom is 0.194 e. The molecule has 5 heteroatoms. The van der Waals surface area contributed by atoms with Crippen molar-refractivity contribution in [2.24, 2.45) is 5.10 Å². The summed E-state index contributed by atoms with van der Waals surface area (Å²) in [5.41, 5.74) is 5.38. The first-order valence-corrected chi connectivity index (χ1v) is 9.94. The van der Waals surface area contributed by atoms with E-state index in [1.165, 1.54) is 5.56 Å². The van der Waals surface area contributed by atoms with Crippen LogP contribution in [0.5, 0.6) is 0 Å². The van der Waals surface area contributed by atoms with E-state index in [-0.39, 0.29) is 6.04 Å². The Labute approximate surface area is 175 Å². The average Bonchev–Trinajstić information content (AvgIpc) is 3.16. The molecule has 1 atom stereocenters. The number of aryl methyl sites for hydroxylation is 1. The molecule has 0 saturated heterocycles. The van der Waals surface area contributed by atoms with Gasteiger partial charge in [0.15, 0.2) is 5.11 Å². The van der Waals surface area contributed by atoms with Gasteiger partial charge in [0.1, 0.15) is 0 Å². The van der Waals surface area contributed by atoms with Crippen molar-refractivity contribution >= 4 is 40.3 Å². The molecule has 28 heavy (non-hydrogen) atoms. The molecular weight excluding hydrogens is 386 g/mol. The van der Waals surface area contributed by atoms with E-state index in [2.05, 4.69) is 30.4 Å². The fraction of sp³-hybridized carbons (Fsp3) is 0.130. The van der Waals surface area contributed by atoms with Crippen molar-refractivity contribution in [1.82, 2.24) is 5.01 Å². The number of para-hydroxylation sites is 1. The number of hydrogen-bond acceptors (Lipinski definition) is 2. The molecule has 3 nitrogen and oxygen atoms in total. The maximum absolute atomic E-state index is 6.05. The molecule has 0 bridgehead atoms. The molecule has 0 saturated carbocycles. The first-order chi connectivity index (χ1) is 13.6. The summed E-state index contributed by atoms with van der Waals surface area (Å²) in [7, 11) is 0. The Morgan fingerprint density at radius 2 is 1.68 bits per heavy atom. The highest BCUT2D eigenvalue weighted by Gasteiger charge is 2.31. The van der Waals surface area contributed by atoms with Crippen LogP contribution in [0.15, 0.2) is 84.0 Å². The number of nitrogens with zero attached hydrogens (tertiary/aromatic N) is 2. The quantitative estimate of drug-likeness (QED) is 0.526. The lowest BCUT2D eigenvalue weighted by Crippen LogP contribution is -2.31. The fourth-order valence-electron chi connectivity index (χ4n) is 3.33. The van der Waals surface area contributed by atoms with Gasteiger partial charge < -0.3 is 5.32 Å². The third-order valence-corrected chi connectivity index (χ3v) is 5.41. The normalized spacial score (nSPS) is 16.0. The smallest absolute Gasteiger partial charge is 0.194 e. The summed E-state index contributed by atoms with van der Waals surface area (Å²) in [6.07, 6.45) is 0.779. The largest absolute Gasteiger partial charge is 0.331 e. The van der Waals surface area contributed by atoms with E-state index in [0.29, 0.717) is 5.11 Å². The Kier molecular flexibility index (Phi) is 5.42.